The van der Waals surface area contributed by atoms with E-state index in [1.54, 1.807) is 0 Å². The molecule has 2 rings (SSSR count). The van der Waals surface area contributed by atoms with Crippen LogP contribution in [-0.4, -0.2) is 25.1 Å². The number of piperidine rings is 1. The zero-order valence-corrected chi connectivity index (χ0v) is 12.5. The molecule has 1 aliphatic rings. The second kappa shape index (κ2) is 6.90. The molecule has 0 aliphatic carbocycles. The van der Waals surface area contributed by atoms with Crippen LogP contribution in [0, 0.1) is 5.92 Å². The van der Waals surface area contributed by atoms with Crippen molar-refractivity contribution < 1.29 is 0 Å². The van der Waals surface area contributed by atoms with Gasteiger partial charge in [0, 0.05) is 19.1 Å². The smallest absolute Gasteiger partial charge is 0.0574 e. The van der Waals surface area contributed by atoms with Gasteiger partial charge in [0.25, 0.3) is 0 Å². The molecule has 3 nitrogen and oxygen atoms in total. The molecular formula is C16H27N3. The molecule has 1 fully saturated rings. The minimum atomic E-state index is 0.375. The fraction of sp³-hybridized carbons (Fsp3) is 0.688. The van der Waals surface area contributed by atoms with Gasteiger partial charge in [-0.3, -0.25) is 4.98 Å². The molecule has 1 N–H and O–H groups in total. The quantitative estimate of drug-likeness (QED) is 0.880. The Labute approximate surface area is 117 Å². The van der Waals surface area contributed by atoms with Crippen molar-refractivity contribution in [2.75, 3.05) is 25.0 Å². The van der Waals surface area contributed by atoms with E-state index >= 15 is 0 Å². The number of anilines is 1. The van der Waals surface area contributed by atoms with Gasteiger partial charge in [0.1, 0.15) is 0 Å². The molecule has 1 aromatic rings. The average molecular weight is 261 g/mol. The third-order valence-electron chi connectivity index (χ3n) is 4.44. The molecule has 0 saturated carbocycles. The maximum Gasteiger partial charge on any atom is 0.0574 e. The Kier molecular flexibility index (Phi) is 5.20. The highest BCUT2D eigenvalue weighted by molar-refractivity contribution is 5.45. The SMILES string of the molecule is CCC1CCN(c2ccc(C(CC)NC)nc2)CC1. The number of hydrogen-bond acceptors (Lipinski definition) is 3. The second-order valence-corrected chi connectivity index (χ2v) is 5.53. The van der Waals surface area contributed by atoms with Gasteiger partial charge in [-0.2, -0.15) is 0 Å². The van der Waals surface area contributed by atoms with E-state index in [0.29, 0.717) is 6.04 Å². The lowest BCUT2D eigenvalue weighted by Crippen LogP contribution is -2.33. The Bertz CT molecular complexity index is 362. The van der Waals surface area contributed by atoms with Crippen LogP contribution in [0.1, 0.15) is 51.3 Å². The maximum absolute atomic E-state index is 4.63. The Morgan fingerprint density at radius 1 is 1.32 bits per heavy atom. The Morgan fingerprint density at radius 3 is 2.53 bits per heavy atom. The van der Waals surface area contributed by atoms with Crippen LogP contribution in [0.5, 0.6) is 0 Å². The summed E-state index contributed by atoms with van der Waals surface area (Å²) in [4.78, 5) is 7.11. The van der Waals surface area contributed by atoms with Crippen molar-refractivity contribution in [1.29, 1.82) is 0 Å². The standard InChI is InChI=1S/C16H27N3/c1-4-13-8-10-19(11-9-13)14-6-7-16(18-12-14)15(5-2)17-3/h6-7,12-13,15,17H,4-5,8-11H2,1-3H3. The summed E-state index contributed by atoms with van der Waals surface area (Å²) >= 11 is 0. The van der Waals surface area contributed by atoms with Gasteiger partial charge in [-0.05, 0) is 44.4 Å². The van der Waals surface area contributed by atoms with Crippen LogP contribution in [0.25, 0.3) is 0 Å². The number of hydrogen-bond donors (Lipinski definition) is 1. The summed E-state index contributed by atoms with van der Waals surface area (Å²) in [5, 5.41) is 3.30. The third kappa shape index (κ3) is 3.47. The van der Waals surface area contributed by atoms with Crippen LogP contribution in [0.2, 0.25) is 0 Å². The van der Waals surface area contributed by atoms with Gasteiger partial charge in [0.2, 0.25) is 0 Å². The van der Waals surface area contributed by atoms with Gasteiger partial charge in [-0.15, -0.1) is 0 Å². The van der Waals surface area contributed by atoms with Gasteiger partial charge in [-0.1, -0.05) is 20.3 Å². The summed E-state index contributed by atoms with van der Waals surface area (Å²) in [7, 11) is 2.00. The molecule has 2 heterocycles. The molecule has 1 aliphatic heterocycles. The zero-order valence-electron chi connectivity index (χ0n) is 12.5. The summed E-state index contributed by atoms with van der Waals surface area (Å²) in [6.07, 6.45) is 7.09. The van der Waals surface area contributed by atoms with Gasteiger partial charge >= 0.3 is 0 Å². The van der Waals surface area contributed by atoms with E-state index in [1.807, 2.05) is 13.2 Å². The minimum absolute atomic E-state index is 0.375. The molecule has 0 bridgehead atoms. The van der Waals surface area contributed by atoms with Crippen LogP contribution >= 0.6 is 0 Å². The van der Waals surface area contributed by atoms with Gasteiger partial charge < -0.3 is 10.2 Å². The van der Waals surface area contributed by atoms with E-state index in [1.165, 1.54) is 38.0 Å². The van der Waals surface area contributed by atoms with E-state index in [2.05, 4.69) is 41.2 Å². The van der Waals surface area contributed by atoms with Crippen LogP contribution in [0.15, 0.2) is 18.3 Å². The van der Waals surface area contributed by atoms with Crippen molar-refractivity contribution in [3.63, 3.8) is 0 Å². The predicted octanol–water partition coefficient (Wildman–Crippen LogP) is 3.38. The van der Waals surface area contributed by atoms with Crippen LogP contribution in [0.3, 0.4) is 0 Å². The molecular weight excluding hydrogens is 234 g/mol. The highest BCUT2D eigenvalue weighted by Gasteiger charge is 2.18. The highest BCUT2D eigenvalue weighted by Crippen LogP contribution is 2.25. The van der Waals surface area contributed by atoms with Crippen molar-refractivity contribution in [2.24, 2.45) is 5.92 Å². The topological polar surface area (TPSA) is 28.2 Å². The minimum Gasteiger partial charge on any atom is -0.370 e. The fourth-order valence-electron chi connectivity index (χ4n) is 2.95. The van der Waals surface area contributed by atoms with E-state index < -0.39 is 0 Å². The molecule has 0 amide bonds. The molecule has 1 atom stereocenters. The van der Waals surface area contributed by atoms with Crippen molar-refractivity contribution in [3.05, 3.63) is 24.0 Å². The number of pyridine rings is 1. The number of aromatic nitrogens is 1. The lowest BCUT2D eigenvalue weighted by Gasteiger charge is -2.33. The van der Waals surface area contributed by atoms with Gasteiger partial charge in [0.15, 0.2) is 0 Å². The molecule has 1 saturated heterocycles. The van der Waals surface area contributed by atoms with Crippen molar-refractivity contribution >= 4 is 5.69 Å². The van der Waals surface area contributed by atoms with Crippen molar-refractivity contribution in [1.82, 2.24) is 10.3 Å². The summed E-state index contributed by atoms with van der Waals surface area (Å²) in [6, 6.07) is 4.78. The van der Waals surface area contributed by atoms with Crippen LogP contribution in [0.4, 0.5) is 5.69 Å². The largest absolute Gasteiger partial charge is 0.370 e. The van der Waals surface area contributed by atoms with Crippen LogP contribution < -0.4 is 10.2 Å². The molecule has 0 aromatic carbocycles. The lowest BCUT2D eigenvalue weighted by atomic mass is 9.94. The van der Waals surface area contributed by atoms with E-state index in [9.17, 15) is 0 Å². The third-order valence-corrected chi connectivity index (χ3v) is 4.44. The van der Waals surface area contributed by atoms with Crippen LogP contribution in [-0.2, 0) is 0 Å². The predicted molar refractivity (Wildman–Crippen MR) is 81.6 cm³/mol. The first-order valence-electron chi connectivity index (χ1n) is 7.66. The molecule has 19 heavy (non-hydrogen) atoms. The first-order valence-corrected chi connectivity index (χ1v) is 7.66. The summed E-state index contributed by atoms with van der Waals surface area (Å²) in [6.45, 7) is 6.86. The Morgan fingerprint density at radius 2 is 2.05 bits per heavy atom. The molecule has 1 aromatic heterocycles. The average Bonchev–Trinajstić information content (AvgIpc) is 2.49. The fourth-order valence-corrected chi connectivity index (χ4v) is 2.95. The summed E-state index contributed by atoms with van der Waals surface area (Å²) in [5.41, 5.74) is 2.43. The summed E-state index contributed by atoms with van der Waals surface area (Å²) < 4.78 is 0. The molecule has 106 valence electrons. The molecule has 3 heteroatoms. The molecule has 0 radical (unpaired) electrons. The van der Waals surface area contributed by atoms with Crippen molar-refractivity contribution in [2.45, 2.75) is 45.6 Å². The summed E-state index contributed by atoms with van der Waals surface area (Å²) in [5.74, 6) is 0.928. The Balaban J connectivity index is 1.99. The first-order chi connectivity index (χ1) is 9.28. The van der Waals surface area contributed by atoms with E-state index in [0.717, 1.165) is 18.0 Å². The van der Waals surface area contributed by atoms with E-state index in [4.69, 9.17) is 0 Å². The first kappa shape index (κ1) is 14.3. The van der Waals surface area contributed by atoms with Gasteiger partial charge in [0.05, 0.1) is 17.6 Å². The number of nitrogens with one attached hydrogen (secondary N) is 1. The zero-order chi connectivity index (χ0) is 13.7. The normalized spacial score (nSPS) is 18.6. The Hall–Kier alpha value is -1.09. The maximum atomic E-state index is 4.63. The monoisotopic (exact) mass is 261 g/mol. The van der Waals surface area contributed by atoms with Crippen molar-refractivity contribution in [3.8, 4) is 0 Å². The van der Waals surface area contributed by atoms with E-state index in [-0.39, 0.29) is 0 Å². The lowest BCUT2D eigenvalue weighted by molar-refractivity contribution is 0.395. The molecule has 0 spiro atoms. The second-order valence-electron chi connectivity index (χ2n) is 5.53. The number of rotatable bonds is 5. The molecule has 1 unspecified atom stereocenters. The van der Waals surface area contributed by atoms with Gasteiger partial charge in [-0.25, -0.2) is 0 Å². The number of nitrogens with zero attached hydrogens (tertiary/aromatic N) is 2. The highest BCUT2D eigenvalue weighted by atomic mass is 15.1.